The summed E-state index contributed by atoms with van der Waals surface area (Å²) in [7, 11) is -3.45. The molecule has 0 heterocycles. The molecule has 0 aliphatic rings. The Labute approximate surface area is 136 Å². The first kappa shape index (κ1) is 19.5. The summed E-state index contributed by atoms with van der Waals surface area (Å²) >= 11 is 0. The van der Waals surface area contributed by atoms with Crippen molar-refractivity contribution in [1.82, 2.24) is 10.0 Å². The van der Waals surface area contributed by atoms with Gasteiger partial charge in [-0.25, -0.2) is 17.5 Å². The molecule has 1 amide bonds. The van der Waals surface area contributed by atoms with Gasteiger partial charge in [-0.1, -0.05) is 0 Å². The van der Waals surface area contributed by atoms with Gasteiger partial charge < -0.3 is 10.1 Å². The lowest BCUT2D eigenvalue weighted by atomic mass is 10.2. The normalized spacial score (nSPS) is 11.7. The number of benzene rings is 1. The second-order valence-electron chi connectivity index (χ2n) is 5.25. The minimum absolute atomic E-state index is 0.0198. The largest absolute Gasteiger partial charge is 0.379 e. The topological polar surface area (TPSA) is 84.5 Å². The van der Waals surface area contributed by atoms with E-state index in [-0.39, 0.29) is 24.0 Å². The summed E-state index contributed by atoms with van der Waals surface area (Å²) in [6.45, 7) is 4.58. The summed E-state index contributed by atoms with van der Waals surface area (Å²) < 4.78 is 44.0. The Morgan fingerprint density at radius 1 is 1.22 bits per heavy atom. The van der Waals surface area contributed by atoms with Crippen LogP contribution in [-0.4, -0.2) is 45.9 Å². The number of rotatable bonds is 10. The first-order valence-corrected chi connectivity index (χ1v) is 9.08. The molecule has 6 nitrogen and oxygen atoms in total. The van der Waals surface area contributed by atoms with Crippen LogP contribution in [0.1, 0.15) is 30.6 Å². The maximum atomic E-state index is 12.7. The van der Waals surface area contributed by atoms with Crippen LogP contribution in [0.2, 0.25) is 0 Å². The minimum atomic E-state index is -3.45. The van der Waals surface area contributed by atoms with Crippen LogP contribution < -0.4 is 10.0 Å². The van der Waals surface area contributed by atoms with E-state index in [1.54, 1.807) is 0 Å². The zero-order valence-corrected chi connectivity index (χ0v) is 14.2. The number of carbonyl (C=O) groups excluding carboxylic acids is 1. The quantitative estimate of drug-likeness (QED) is 0.625. The maximum absolute atomic E-state index is 12.7. The smallest absolute Gasteiger partial charge is 0.251 e. The van der Waals surface area contributed by atoms with Gasteiger partial charge in [0.2, 0.25) is 10.0 Å². The Balaban J connectivity index is 2.25. The summed E-state index contributed by atoms with van der Waals surface area (Å²) in [4.78, 5) is 11.7. The average Bonchev–Trinajstić information content (AvgIpc) is 2.46. The van der Waals surface area contributed by atoms with Crippen molar-refractivity contribution >= 4 is 15.9 Å². The van der Waals surface area contributed by atoms with Gasteiger partial charge in [0.05, 0.1) is 11.9 Å². The van der Waals surface area contributed by atoms with E-state index in [9.17, 15) is 17.6 Å². The number of sulfonamides is 1. The Morgan fingerprint density at radius 3 is 2.48 bits per heavy atom. The number of ether oxygens (including phenoxy) is 1. The molecule has 1 aromatic carbocycles. The van der Waals surface area contributed by atoms with Gasteiger partial charge in [0.1, 0.15) is 5.82 Å². The van der Waals surface area contributed by atoms with Crippen molar-refractivity contribution in [2.45, 2.75) is 26.4 Å². The van der Waals surface area contributed by atoms with Crippen LogP contribution in [0.4, 0.5) is 4.39 Å². The molecule has 0 aliphatic heterocycles. The van der Waals surface area contributed by atoms with Crippen LogP contribution in [0, 0.1) is 5.82 Å². The number of hydrogen-bond acceptors (Lipinski definition) is 4. The monoisotopic (exact) mass is 346 g/mol. The summed E-state index contributed by atoms with van der Waals surface area (Å²) in [5.74, 6) is -1.09. The van der Waals surface area contributed by atoms with Gasteiger partial charge in [0.15, 0.2) is 0 Å². The molecule has 0 aliphatic carbocycles. The van der Waals surface area contributed by atoms with Crippen LogP contribution in [0.25, 0.3) is 0 Å². The fourth-order valence-electron chi connectivity index (χ4n) is 1.69. The molecule has 8 heteroatoms. The van der Waals surface area contributed by atoms with E-state index in [1.165, 1.54) is 24.3 Å². The van der Waals surface area contributed by atoms with Crippen LogP contribution in [0.15, 0.2) is 24.3 Å². The SMILES string of the molecule is CC(C)OCCCNS(=O)(=O)CCNC(=O)c1ccc(F)cc1. The van der Waals surface area contributed by atoms with E-state index in [1.807, 2.05) is 13.8 Å². The molecule has 2 N–H and O–H groups in total. The summed E-state index contributed by atoms with van der Waals surface area (Å²) in [6.07, 6.45) is 0.701. The zero-order valence-electron chi connectivity index (χ0n) is 13.3. The molecular weight excluding hydrogens is 323 g/mol. The van der Waals surface area contributed by atoms with Crippen molar-refractivity contribution in [3.8, 4) is 0 Å². The van der Waals surface area contributed by atoms with Crippen molar-refractivity contribution in [2.75, 3.05) is 25.4 Å². The molecule has 0 spiro atoms. The Hall–Kier alpha value is -1.51. The molecule has 0 radical (unpaired) electrons. The number of amides is 1. The van der Waals surface area contributed by atoms with Gasteiger partial charge in [-0.15, -0.1) is 0 Å². The Kier molecular flexibility index (Phi) is 8.15. The molecule has 130 valence electrons. The number of nitrogens with one attached hydrogen (secondary N) is 2. The number of carbonyl (C=O) groups is 1. The maximum Gasteiger partial charge on any atom is 0.251 e. The van der Waals surface area contributed by atoms with Crippen molar-refractivity contribution < 1.29 is 22.3 Å². The Morgan fingerprint density at radius 2 is 1.87 bits per heavy atom. The van der Waals surface area contributed by atoms with E-state index in [4.69, 9.17) is 4.74 Å². The molecular formula is C15H23FN2O4S. The highest BCUT2D eigenvalue weighted by Crippen LogP contribution is 2.02. The van der Waals surface area contributed by atoms with Gasteiger partial charge in [-0.2, -0.15) is 0 Å². The highest BCUT2D eigenvalue weighted by Gasteiger charge is 2.11. The predicted molar refractivity (Wildman–Crippen MR) is 86.2 cm³/mol. The fraction of sp³-hybridized carbons (Fsp3) is 0.533. The highest BCUT2D eigenvalue weighted by molar-refractivity contribution is 7.89. The van der Waals surface area contributed by atoms with Gasteiger partial charge in [0.25, 0.3) is 5.91 Å². The van der Waals surface area contributed by atoms with Gasteiger partial charge in [-0.3, -0.25) is 4.79 Å². The third-order valence-electron chi connectivity index (χ3n) is 2.86. The van der Waals surface area contributed by atoms with Crippen LogP contribution in [0.3, 0.4) is 0 Å². The second-order valence-corrected chi connectivity index (χ2v) is 7.18. The lowest BCUT2D eigenvalue weighted by Crippen LogP contribution is -2.35. The van der Waals surface area contributed by atoms with Crippen LogP contribution in [0.5, 0.6) is 0 Å². The van der Waals surface area contributed by atoms with E-state index in [0.717, 1.165) is 0 Å². The molecule has 23 heavy (non-hydrogen) atoms. The van der Waals surface area contributed by atoms with Gasteiger partial charge >= 0.3 is 0 Å². The zero-order chi connectivity index (χ0) is 17.3. The molecule has 0 atom stereocenters. The second kappa shape index (κ2) is 9.59. The van der Waals surface area contributed by atoms with Crippen molar-refractivity contribution in [2.24, 2.45) is 0 Å². The van der Waals surface area contributed by atoms with Crippen molar-refractivity contribution in [1.29, 1.82) is 0 Å². The fourth-order valence-corrected chi connectivity index (χ4v) is 2.66. The van der Waals surface area contributed by atoms with E-state index >= 15 is 0 Å². The minimum Gasteiger partial charge on any atom is -0.379 e. The standard InChI is InChI=1S/C15H23FN2O4S/c1-12(2)22-10-3-8-18-23(20,21)11-9-17-15(19)13-4-6-14(16)7-5-13/h4-7,12,18H,3,8-11H2,1-2H3,(H,17,19). The van der Waals surface area contributed by atoms with E-state index < -0.39 is 21.7 Å². The lowest BCUT2D eigenvalue weighted by Gasteiger charge is -2.09. The lowest BCUT2D eigenvalue weighted by molar-refractivity contribution is 0.0778. The van der Waals surface area contributed by atoms with E-state index in [2.05, 4.69) is 10.0 Å². The third kappa shape index (κ3) is 8.63. The van der Waals surface area contributed by atoms with Crippen molar-refractivity contribution in [3.63, 3.8) is 0 Å². The third-order valence-corrected chi connectivity index (χ3v) is 4.24. The van der Waals surface area contributed by atoms with Crippen molar-refractivity contribution in [3.05, 3.63) is 35.6 Å². The van der Waals surface area contributed by atoms with Crippen LogP contribution >= 0.6 is 0 Å². The predicted octanol–water partition coefficient (Wildman–Crippen LogP) is 1.29. The molecule has 0 fully saturated rings. The molecule has 0 bridgehead atoms. The number of halogens is 1. The van der Waals surface area contributed by atoms with E-state index in [0.29, 0.717) is 19.6 Å². The summed E-state index contributed by atoms with van der Waals surface area (Å²) in [5.41, 5.74) is 0.280. The van der Waals surface area contributed by atoms with Gasteiger partial charge in [-0.05, 0) is 44.5 Å². The molecule has 0 saturated carbocycles. The molecule has 0 aromatic heterocycles. The van der Waals surface area contributed by atoms with Gasteiger partial charge in [0, 0.05) is 25.3 Å². The molecule has 0 saturated heterocycles. The number of hydrogen-bond donors (Lipinski definition) is 2. The molecule has 1 aromatic rings. The summed E-state index contributed by atoms with van der Waals surface area (Å²) in [6, 6.07) is 5.02. The highest BCUT2D eigenvalue weighted by atomic mass is 32.2. The first-order chi connectivity index (χ1) is 10.8. The van der Waals surface area contributed by atoms with Crippen LogP contribution in [-0.2, 0) is 14.8 Å². The molecule has 1 rings (SSSR count). The average molecular weight is 346 g/mol. The first-order valence-electron chi connectivity index (χ1n) is 7.43. The molecule has 0 unspecified atom stereocenters. The Bertz CT molecular complexity index is 588. The summed E-state index contributed by atoms with van der Waals surface area (Å²) in [5, 5.41) is 2.49.